The van der Waals surface area contributed by atoms with Crippen LogP contribution in [-0.4, -0.2) is 73.2 Å². The minimum Gasteiger partial charge on any atom is -0.496 e. The second kappa shape index (κ2) is 15.1. The van der Waals surface area contributed by atoms with E-state index in [1.807, 2.05) is 29.2 Å². The van der Waals surface area contributed by atoms with Gasteiger partial charge in [0.2, 0.25) is 0 Å². The van der Waals surface area contributed by atoms with Crippen molar-refractivity contribution in [3.8, 4) is 5.75 Å². The number of likely N-dealkylation sites (tertiary alicyclic amines) is 1. The Morgan fingerprint density at radius 2 is 2.10 bits per heavy atom. The number of fused-ring (bicyclic) bond motifs is 1. The van der Waals surface area contributed by atoms with Crippen molar-refractivity contribution in [3.05, 3.63) is 50.2 Å². The lowest BCUT2D eigenvalue weighted by atomic mass is 9.96. The monoisotopic (exact) mass is 695 g/mol. The number of hydrogen-bond acceptors (Lipinski definition) is 7. The topological polar surface area (TPSA) is 93.2 Å². The molecule has 2 saturated heterocycles. The summed E-state index contributed by atoms with van der Waals surface area (Å²) < 4.78 is 33.6. The van der Waals surface area contributed by atoms with Crippen molar-refractivity contribution in [1.29, 1.82) is 0 Å². The summed E-state index contributed by atoms with van der Waals surface area (Å²) in [6.45, 7) is 3.69. The molecule has 3 aliphatic heterocycles. The molecule has 4 heterocycles. The Bertz CT molecular complexity index is 1190. The number of aryl methyl sites for hydroxylation is 1. The third-order valence-corrected chi connectivity index (χ3v) is 9.50. The Labute approximate surface area is 261 Å². The molecule has 0 bridgehead atoms. The van der Waals surface area contributed by atoms with Crippen LogP contribution < -0.4 is 10.1 Å². The van der Waals surface area contributed by atoms with Crippen LogP contribution in [0, 0.1) is 9.49 Å². The number of rotatable bonds is 13. The number of methoxy groups -OCH3 is 1. The zero-order valence-corrected chi connectivity index (χ0v) is 26.6. The maximum absolute atomic E-state index is 15.4. The van der Waals surface area contributed by atoms with Crippen LogP contribution in [-0.2, 0) is 33.7 Å². The average molecular weight is 696 g/mol. The van der Waals surface area contributed by atoms with Crippen LogP contribution >= 0.6 is 22.6 Å². The van der Waals surface area contributed by atoms with Crippen molar-refractivity contribution in [2.45, 2.75) is 82.7 Å². The maximum atomic E-state index is 15.4. The first-order valence-corrected chi connectivity index (χ1v) is 16.4. The highest BCUT2D eigenvalue weighted by molar-refractivity contribution is 14.1. The van der Waals surface area contributed by atoms with Crippen LogP contribution in [0.1, 0.15) is 73.4 Å². The van der Waals surface area contributed by atoms with Gasteiger partial charge in [-0.25, -0.2) is 9.37 Å². The number of pyridine rings is 1. The number of hydrogen-bond donors (Lipinski definition) is 2. The van der Waals surface area contributed by atoms with Crippen molar-refractivity contribution in [3.63, 3.8) is 0 Å². The van der Waals surface area contributed by atoms with Gasteiger partial charge in [0.05, 0.1) is 19.8 Å². The number of unbranched alkanes of at least 4 members (excludes halogenated alkanes) is 1. The van der Waals surface area contributed by atoms with Crippen molar-refractivity contribution in [2.75, 3.05) is 45.3 Å². The SMILES string of the molecule is COc1cc(CCCC[C@H](F)C2CCN([C@H](C(=O)O)c3cc(I)ccc3COC3CCOCC3)C2)nc2c1CCCN2. The fourth-order valence-corrected chi connectivity index (χ4v) is 7.00. The summed E-state index contributed by atoms with van der Waals surface area (Å²) >= 11 is 2.22. The first kappa shape index (κ1) is 31.4. The van der Waals surface area contributed by atoms with Gasteiger partial charge in [0.15, 0.2) is 0 Å². The van der Waals surface area contributed by atoms with Gasteiger partial charge in [0.25, 0.3) is 0 Å². The summed E-state index contributed by atoms with van der Waals surface area (Å²) in [5.74, 6) is 0.742. The molecule has 3 aliphatic rings. The molecule has 5 rings (SSSR count). The van der Waals surface area contributed by atoms with Crippen LogP contribution in [0.15, 0.2) is 24.3 Å². The van der Waals surface area contributed by atoms with Crippen LogP contribution in [0.4, 0.5) is 10.2 Å². The normalized spacial score (nSPS) is 21.0. The van der Waals surface area contributed by atoms with Gasteiger partial charge in [-0.3, -0.25) is 9.69 Å². The van der Waals surface area contributed by atoms with Crippen molar-refractivity contribution in [2.24, 2.45) is 5.92 Å². The number of nitrogens with one attached hydrogen (secondary N) is 1. The van der Waals surface area contributed by atoms with Gasteiger partial charge in [-0.2, -0.15) is 0 Å². The number of anilines is 1. The van der Waals surface area contributed by atoms with Crippen LogP contribution in [0.5, 0.6) is 5.75 Å². The summed E-state index contributed by atoms with van der Waals surface area (Å²) in [5, 5.41) is 13.7. The number of aliphatic carboxylic acids is 1. The van der Waals surface area contributed by atoms with Crippen LogP contribution in [0.2, 0.25) is 0 Å². The Morgan fingerprint density at radius 1 is 1.26 bits per heavy atom. The number of carboxylic acids is 1. The number of carboxylic acid groups (broad SMARTS) is 1. The lowest BCUT2D eigenvalue weighted by Gasteiger charge is -2.28. The smallest absolute Gasteiger partial charge is 0.325 e. The summed E-state index contributed by atoms with van der Waals surface area (Å²) in [6.07, 6.45) is 6.45. The van der Waals surface area contributed by atoms with Crippen molar-refractivity contribution < 1.29 is 28.5 Å². The molecule has 8 nitrogen and oxygen atoms in total. The van der Waals surface area contributed by atoms with E-state index in [2.05, 4.69) is 27.9 Å². The molecule has 1 aromatic heterocycles. The molecular weight excluding hydrogens is 652 g/mol. The predicted octanol–water partition coefficient (Wildman–Crippen LogP) is 5.95. The second-order valence-corrected chi connectivity index (χ2v) is 12.9. The van der Waals surface area contributed by atoms with Gasteiger partial charge in [-0.1, -0.05) is 12.5 Å². The Balaban J connectivity index is 1.15. The highest BCUT2D eigenvalue weighted by atomic mass is 127. The summed E-state index contributed by atoms with van der Waals surface area (Å²) in [7, 11) is 1.70. The summed E-state index contributed by atoms with van der Waals surface area (Å²) in [5.41, 5.74) is 3.75. The van der Waals surface area contributed by atoms with E-state index in [0.717, 1.165) is 89.0 Å². The van der Waals surface area contributed by atoms with Gasteiger partial charge in [-0.15, -0.1) is 0 Å². The Hall–Kier alpha value is -2.02. The van der Waals surface area contributed by atoms with E-state index in [9.17, 15) is 9.90 Å². The molecular formula is C32H43FIN3O5. The van der Waals surface area contributed by atoms with Crippen LogP contribution in [0.25, 0.3) is 0 Å². The van der Waals surface area contributed by atoms with Crippen LogP contribution in [0.3, 0.4) is 0 Å². The molecule has 42 heavy (non-hydrogen) atoms. The third kappa shape index (κ3) is 7.92. The maximum Gasteiger partial charge on any atom is 0.325 e. The van der Waals surface area contributed by atoms with E-state index < -0.39 is 18.2 Å². The van der Waals surface area contributed by atoms with Gasteiger partial charge in [-0.05, 0) is 104 Å². The van der Waals surface area contributed by atoms with E-state index in [4.69, 9.17) is 19.2 Å². The number of alkyl halides is 1. The number of ether oxygens (including phenoxy) is 3. The average Bonchev–Trinajstić information content (AvgIpc) is 3.48. The quantitative estimate of drug-likeness (QED) is 0.197. The molecule has 2 N–H and O–H groups in total. The highest BCUT2D eigenvalue weighted by Gasteiger charge is 2.37. The lowest BCUT2D eigenvalue weighted by molar-refractivity contribution is -0.143. The van der Waals surface area contributed by atoms with E-state index in [-0.39, 0.29) is 12.0 Å². The molecule has 1 aromatic carbocycles. The molecule has 1 unspecified atom stereocenters. The molecule has 0 saturated carbocycles. The molecule has 2 aromatic rings. The predicted molar refractivity (Wildman–Crippen MR) is 168 cm³/mol. The minimum atomic E-state index is -0.954. The largest absolute Gasteiger partial charge is 0.496 e. The highest BCUT2D eigenvalue weighted by Crippen LogP contribution is 2.35. The fraction of sp³-hybridized carbons (Fsp3) is 0.625. The zero-order valence-electron chi connectivity index (χ0n) is 24.5. The number of aromatic nitrogens is 1. The van der Waals surface area contributed by atoms with Crippen molar-refractivity contribution >= 4 is 34.4 Å². The van der Waals surface area contributed by atoms with E-state index in [1.54, 1.807) is 7.11 Å². The molecule has 0 aliphatic carbocycles. The zero-order chi connectivity index (χ0) is 29.5. The molecule has 3 atom stereocenters. The Morgan fingerprint density at radius 3 is 2.88 bits per heavy atom. The van der Waals surface area contributed by atoms with Gasteiger partial charge < -0.3 is 24.6 Å². The minimum absolute atomic E-state index is 0.124. The third-order valence-electron chi connectivity index (χ3n) is 8.83. The molecule has 0 amide bonds. The number of carbonyl (C=O) groups is 1. The first-order valence-electron chi connectivity index (χ1n) is 15.3. The van der Waals surface area contributed by atoms with Gasteiger partial charge in [0, 0.05) is 53.1 Å². The standard InChI is InChI=1S/C32H43FIN3O5/c1-40-29-18-24(36-31-26(29)6-4-13-35-31)5-2-3-7-28(33)21-10-14-37(19-21)30(32(38)39)27-17-23(34)9-8-22(27)20-42-25-11-15-41-16-12-25/h8-9,17-18,21,25,28,30H,2-7,10-16,19-20H2,1H3,(H,35,36)(H,38,39)/t21?,28-,30-/m0/s1. The Kier molecular flexibility index (Phi) is 11.3. The molecule has 0 spiro atoms. The molecule has 230 valence electrons. The van der Waals surface area contributed by atoms with Gasteiger partial charge >= 0.3 is 5.97 Å². The van der Waals surface area contributed by atoms with Gasteiger partial charge in [0.1, 0.15) is 23.8 Å². The number of nitrogens with zero attached hydrogens (tertiary/aromatic N) is 2. The number of halogens is 2. The fourth-order valence-electron chi connectivity index (χ4n) is 6.48. The number of benzene rings is 1. The van der Waals surface area contributed by atoms with E-state index in [1.165, 1.54) is 0 Å². The second-order valence-electron chi connectivity index (χ2n) is 11.7. The van der Waals surface area contributed by atoms with E-state index >= 15 is 4.39 Å². The first-order chi connectivity index (χ1) is 20.4. The lowest BCUT2D eigenvalue weighted by Crippen LogP contribution is -2.34. The summed E-state index contributed by atoms with van der Waals surface area (Å²) in [4.78, 5) is 19.3. The van der Waals surface area contributed by atoms with Crippen molar-refractivity contribution in [1.82, 2.24) is 9.88 Å². The molecule has 2 fully saturated rings. The van der Waals surface area contributed by atoms with E-state index in [0.29, 0.717) is 45.8 Å². The molecule has 0 radical (unpaired) electrons. The summed E-state index contributed by atoms with van der Waals surface area (Å²) in [6, 6.07) is 7.11. The molecule has 10 heteroatoms.